The minimum atomic E-state index is -0.517. The topological polar surface area (TPSA) is 60.7 Å². The van der Waals surface area contributed by atoms with Gasteiger partial charge in [0, 0.05) is 6.61 Å². The molecule has 0 heterocycles. The molecule has 0 saturated heterocycles. The average Bonchev–Trinajstić information content (AvgIpc) is 2.23. The predicted octanol–water partition coefficient (Wildman–Crippen LogP) is 1.62. The molecule has 0 saturated carbocycles. The molecule has 0 bridgehead atoms. The molecule has 90 valence electrons. The van der Waals surface area contributed by atoms with E-state index in [1.54, 1.807) is 6.08 Å². The SMILES string of the molecule is CCC(O)CCCCC=CC(O)CCO. The minimum absolute atomic E-state index is 0.0220. The molecule has 0 aliphatic rings. The summed E-state index contributed by atoms with van der Waals surface area (Å²) >= 11 is 0. The fraction of sp³-hybridized carbons (Fsp3) is 0.833. The number of unbranched alkanes of at least 4 members (excludes halogenated alkanes) is 2. The van der Waals surface area contributed by atoms with Crippen molar-refractivity contribution in [1.29, 1.82) is 0 Å². The van der Waals surface area contributed by atoms with Gasteiger partial charge in [-0.05, 0) is 32.1 Å². The van der Waals surface area contributed by atoms with Crippen LogP contribution >= 0.6 is 0 Å². The van der Waals surface area contributed by atoms with E-state index in [-0.39, 0.29) is 12.7 Å². The van der Waals surface area contributed by atoms with Crippen molar-refractivity contribution in [2.24, 2.45) is 0 Å². The molecule has 0 fully saturated rings. The molecule has 2 unspecified atom stereocenters. The maximum atomic E-state index is 9.29. The molecule has 0 aliphatic carbocycles. The van der Waals surface area contributed by atoms with Crippen LogP contribution in [0.1, 0.15) is 45.4 Å². The van der Waals surface area contributed by atoms with Crippen molar-refractivity contribution in [2.75, 3.05) is 6.61 Å². The van der Waals surface area contributed by atoms with Crippen molar-refractivity contribution >= 4 is 0 Å². The Labute approximate surface area is 92.4 Å². The Morgan fingerprint density at radius 3 is 2.47 bits per heavy atom. The van der Waals surface area contributed by atoms with E-state index >= 15 is 0 Å². The summed E-state index contributed by atoms with van der Waals surface area (Å²) < 4.78 is 0. The van der Waals surface area contributed by atoms with Gasteiger partial charge < -0.3 is 15.3 Å². The van der Waals surface area contributed by atoms with Crippen LogP contribution in [0.5, 0.6) is 0 Å². The van der Waals surface area contributed by atoms with Crippen LogP contribution in [0.15, 0.2) is 12.2 Å². The molecule has 15 heavy (non-hydrogen) atoms. The summed E-state index contributed by atoms with van der Waals surface area (Å²) in [5, 5.41) is 27.1. The Balaban J connectivity index is 3.30. The van der Waals surface area contributed by atoms with Gasteiger partial charge in [0.25, 0.3) is 0 Å². The summed E-state index contributed by atoms with van der Waals surface area (Å²) in [4.78, 5) is 0. The molecule has 0 amide bonds. The van der Waals surface area contributed by atoms with E-state index < -0.39 is 6.10 Å². The fourth-order valence-electron chi connectivity index (χ4n) is 1.33. The second kappa shape index (κ2) is 10.1. The second-order valence-corrected chi connectivity index (χ2v) is 3.85. The summed E-state index contributed by atoms with van der Waals surface area (Å²) in [6, 6.07) is 0. The standard InChI is InChI=1S/C12H24O3/c1-2-11(14)7-5-3-4-6-8-12(15)9-10-13/h6,8,11-15H,2-5,7,9-10H2,1H3. The Morgan fingerprint density at radius 1 is 1.13 bits per heavy atom. The zero-order valence-electron chi connectivity index (χ0n) is 9.60. The van der Waals surface area contributed by atoms with E-state index in [4.69, 9.17) is 5.11 Å². The van der Waals surface area contributed by atoms with Crippen molar-refractivity contribution in [1.82, 2.24) is 0 Å². The van der Waals surface area contributed by atoms with Gasteiger partial charge >= 0.3 is 0 Å². The summed E-state index contributed by atoms with van der Waals surface area (Å²) in [7, 11) is 0. The smallest absolute Gasteiger partial charge is 0.0742 e. The number of aliphatic hydroxyl groups excluding tert-OH is 3. The molecule has 3 nitrogen and oxygen atoms in total. The van der Waals surface area contributed by atoms with Crippen LogP contribution in [0.25, 0.3) is 0 Å². The van der Waals surface area contributed by atoms with E-state index in [0.717, 1.165) is 32.1 Å². The highest BCUT2D eigenvalue weighted by Gasteiger charge is 1.99. The summed E-state index contributed by atoms with van der Waals surface area (Å²) in [6.45, 7) is 2.00. The van der Waals surface area contributed by atoms with Crippen molar-refractivity contribution in [3.8, 4) is 0 Å². The molecule has 0 aliphatic heterocycles. The lowest BCUT2D eigenvalue weighted by molar-refractivity contribution is 0.156. The Bertz CT molecular complexity index is 157. The molecular formula is C12H24O3. The number of aliphatic hydroxyl groups is 3. The van der Waals surface area contributed by atoms with Crippen LogP contribution in [0.4, 0.5) is 0 Å². The van der Waals surface area contributed by atoms with E-state index in [1.807, 2.05) is 13.0 Å². The van der Waals surface area contributed by atoms with Crippen LogP contribution in [-0.2, 0) is 0 Å². The van der Waals surface area contributed by atoms with E-state index in [1.165, 1.54) is 0 Å². The Morgan fingerprint density at radius 2 is 1.87 bits per heavy atom. The Kier molecular flexibility index (Phi) is 9.89. The summed E-state index contributed by atoms with van der Waals surface area (Å²) in [5.41, 5.74) is 0. The summed E-state index contributed by atoms with van der Waals surface area (Å²) in [6.07, 6.45) is 8.09. The highest BCUT2D eigenvalue weighted by atomic mass is 16.3. The normalized spacial score (nSPS) is 15.7. The lowest BCUT2D eigenvalue weighted by Crippen LogP contribution is -2.04. The number of rotatable bonds is 9. The number of allylic oxidation sites excluding steroid dienone is 1. The number of hydrogen-bond acceptors (Lipinski definition) is 3. The molecular weight excluding hydrogens is 192 g/mol. The monoisotopic (exact) mass is 216 g/mol. The Hall–Kier alpha value is -0.380. The van der Waals surface area contributed by atoms with Gasteiger partial charge in [0.1, 0.15) is 0 Å². The molecule has 3 N–H and O–H groups in total. The molecule has 0 spiro atoms. The van der Waals surface area contributed by atoms with Crippen molar-refractivity contribution in [3.63, 3.8) is 0 Å². The largest absolute Gasteiger partial charge is 0.396 e. The molecule has 0 aromatic carbocycles. The van der Waals surface area contributed by atoms with E-state index in [0.29, 0.717) is 6.42 Å². The molecule has 0 aromatic rings. The fourth-order valence-corrected chi connectivity index (χ4v) is 1.33. The van der Waals surface area contributed by atoms with Gasteiger partial charge in [-0.3, -0.25) is 0 Å². The van der Waals surface area contributed by atoms with Crippen molar-refractivity contribution < 1.29 is 15.3 Å². The van der Waals surface area contributed by atoms with Gasteiger partial charge in [0.05, 0.1) is 12.2 Å². The molecule has 0 rings (SSSR count). The summed E-state index contributed by atoms with van der Waals surface area (Å²) in [5.74, 6) is 0. The van der Waals surface area contributed by atoms with Crippen LogP contribution in [0.2, 0.25) is 0 Å². The van der Waals surface area contributed by atoms with Gasteiger partial charge in [-0.15, -0.1) is 0 Å². The third kappa shape index (κ3) is 9.91. The third-order valence-corrected chi connectivity index (χ3v) is 2.41. The van der Waals surface area contributed by atoms with Gasteiger partial charge in [-0.1, -0.05) is 25.5 Å². The van der Waals surface area contributed by atoms with Crippen molar-refractivity contribution in [3.05, 3.63) is 12.2 Å². The predicted molar refractivity (Wildman–Crippen MR) is 61.6 cm³/mol. The lowest BCUT2D eigenvalue weighted by Gasteiger charge is -2.05. The van der Waals surface area contributed by atoms with Crippen molar-refractivity contribution in [2.45, 2.75) is 57.7 Å². The molecule has 0 aromatic heterocycles. The minimum Gasteiger partial charge on any atom is -0.396 e. The maximum Gasteiger partial charge on any atom is 0.0742 e. The quantitative estimate of drug-likeness (QED) is 0.405. The second-order valence-electron chi connectivity index (χ2n) is 3.85. The van der Waals surface area contributed by atoms with Gasteiger partial charge in [-0.25, -0.2) is 0 Å². The first-order valence-corrected chi connectivity index (χ1v) is 5.84. The first-order chi connectivity index (χ1) is 7.20. The molecule has 3 heteroatoms. The zero-order valence-corrected chi connectivity index (χ0v) is 9.60. The first kappa shape index (κ1) is 14.6. The molecule has 0 radical (unpaired) electrons. The van der Waals surface area contributed by atoms with Gasteiger partial charge in [0.15, 0.2) is 0 Å². The highest BCUT2D eigenvalue weighted by molar-refractivity contribution is 4.88. The maximum absolute atomic E-state index is 9.29. The number of hydrogen-bond donors (Lipinski definition) is 3. The van der Waals surface area contributed by atoms with Crippen LogP contribution in [-0.4, -0.2) is 34.1 Å². The van der Waals surface area contributed by atoms with Crippen LogP contribution in [0, 0.1) is 0 Å². The van der Waals surface area contributed by atoms with Crippen LogP contribution in [0.3, 0.4) is 0 Å². The third-order valence-electron chi connectivity index (χ3n) is 2.41. The van der Waals surface area contributed by atoms with E-state index in [9.17, 15) is 10.2 Å². The highest BCUT2D eigenvalue weighted by Crippen LogP contribution is 2.06. The lowest BCUT2D eigenvalue weighted by atomic mass is 10.1. The molecule has 2 atom stereocenters. The zero-order chi connectivity index (χ0) is 11.5. The first-order valence-electron chi connectivity index (χ1n) is 5.84. The van der Waals surface area contributed by atoms with Gasteiger partial charge in [-0.2, -0.15) is 0 Å². The van der Waals surface area contributed by atoms with E-state index in [2.05, 4.69) is 0 Å². The van der Waals surface area contributed by atoms with Gasteiger partial charge in [0.2, 0.25) is 0 Å². The average molecular weight is 216 g/mol. The van der Waals surface area contributed by atoms with Crippen LogP contribution < -0.4 is 0 Å².